The molecule has 1 fully saturated rings. The summed E-state index contributed by atoms with van der Waals surface area (Å²) >= 11 is 1.18. The lowest BCUT2D eigenvalue weighted by atomic mass is 10.3. The highest BCUT2D eigenvalue weighted by Crippen LogP contribution is 2.40. The number of para-hydroxylation sites is 1. The van der Waals surface area contributed by atoms with Crippen LogP contribution in [0.15, 0.2) is 53.7 Å². The lowest BCUT2D eigenvalue weighted by Gasteiger charge is -2.10. The Morgan fingerprint density at radius 1 is 1.21 bits per heavy atom. The van der Waals surface area contributed by atoms with Gasteiger partial charge in [-0.2, -0.15) is 0 Å². The van der Waals surface area contributed by atoms with Crippen LogP contribution in [0.25, 0.3) is 5.69 Å². The SMILES string of the molecule is C[C@H](Sc1nc(C2CC2)n(-c2ccccc2)n1)C(=O)Nc1cc(F)ccc1F. The number of thioether (sulfide) groups is 1. The van der Waals surface area contributed by atoms with Gasteiger partial charge in [0.1, 0.15) is 17.5 Å². The van der Waals surface area contributed by atoms with Crippen LogP contribution in [0.5, 0.6) is 0 Å². The first-order chi connectivity index (χ1) is 13.5. The molecule has 1 aliphatic rings. The molecule has 0 radical (unpaired) electrons. The van der Waals surface area contributed by atoms with Crippen molar-refractivity contribution in [2.75, 3.05) is 5.32 Å². The molecule has 1 N–H and O–H groups in total. The minimum atomic E-state index is -0.686. The summed E-state index contributed by atoms with van der Waals surface area (Å²) in [7, 11) is 0. The van der Waals surface area contributed by atoms with Crippen LogP contribution in [0.1, 0.15) is 31.5 Å². The number of benzene rings is 2. The van der Waals surface area contributed by atoms with E-state index in [0.717, 1.165) is 42.6 Å². The molecule has 8 heteroatoms. The number of halogens is 2. The van der Waals surface area contributed by atoms with Gasteiger partial charge >= 0.3 is 0 Å². The number of hydrogen-bond acceptors (Lipinski definition) is 4. The number of rotatable bonds is 6. The molecule has 4 rings (SSSR count). The molecule has 2 aromatic carbocycles. The first kappa shape index (κ1) is 18.6. The molecule has 0 saturated heterocycles. The van der Waals surface area contributed by atoms with Gasteiger partial charge in [-0.1, -0.05) is 30.0 Å². The van der Waals surface area contributed by atoms with Gasteiger partial charge in [-0.3, -0.25) is 4.79 Å². The lowest BCUT2D eigenvalue weighted by molar-refractivity contribution is -0.115. The van der Waals surface area contributed by atoms with Gasteiger partial charge < -0.3 is 5.32 Å². The third kappa shape index (κ3) is 4.06. The summed E-state index contributed by atoms with van der Waals surface area (Å²) in [6.07, 6.45) is 2.15. The predicted molar refractivity (Wildman–Crippen MR) is 104 cm³/mol. The smallest absolute Gasteiger partial charge is 0.237 e. The maximum absolute atomic E-state index is 13.7. The Morgan fingerprint density at radius 2 is 1.96 bits per heavy atom. The summed E-state index contributed by atoms with van der Waals surface area (Å²) in [5, 5.41) is 6.88. The summed E-state index contributed by atoms with van der Waals surface area (Å²) in [6.45, 7) is 1.68. The average Bonchev–Trinajstić information content (AvgIpc) is 3.45. The Morgan fingerprint density at radius 3 is 2.68 bits per heavy atom. The molecule has 28 heavy (non-hydrogen) atoms. The molecule has 0 spiro atoms. The predicted octanol–water partition coefficient (Wildman–Crippen LogP) is 4.54. The van der Waals surface area contributed by atoms with Crippen molar-refractivity contribution in [3.8, 4) is 5.69 Å². The second-order valence-electron chi connectivity index (χ2n) is 6.65. The zero-order chi connectivity index (χ0) is 19.7. The summed E-state index contributed by atoms with van der Waals surface area (Å²) < 4.78 is 28.8. The van der Waals surface area contributed by atoms with Crippen LogP contribution in [0.2, 0.25) is 0 Å². The van der Waals surface area contributed by atoms with Gasteiger partial charge in [0.05, 0.1) is 16.6 Å². The largest absolute Gasteiger partial charge is 0.323 e. The van der Waals surface area contributed by atoms with E-state index in [-0.39, 0.29) is 5.69 Å². The molecule has 1 heterocycles. The van der Waals surface area contributed by atoms with Crippen LogP contribution < -0.4 is 5.32 Å². The highest BCUT2D eigenvalue weighted by Gasteiger charge is 2.31. The molecule has 5 nitrogen and oxygen atoms in total. The van der Waals surface area contributed by atoms with E-state index in [1.807, 2.05) is 35.0 Å². The van der Waals surface area contributed by atoms with E-state index >= 15 is 0 Å². The van der Waals surface area contributed by atoms with Gasteiger partial charge in [0.2, 0.25) is 11.1 Å². The molecule has 0 bridgehead atoms. The zero-order valence-corrected chi connectivity index (χ0v) is 15.9. The Kier molecular flexibility index (Phi) is 5.13. The number of hydrogen-bond donors (Lipinski definition) is 1. The van der Waals surface area contributed by atoms with Crippen LogP contribution in [0.4, 0.5) is 14.5 Å². The van der Waals surface area contributed by atoms with E-state index in [4.69, 9.17) is 0 Å². The van der Waals surface area contributed by atoms with Crippen molar-refractivity contribution in [1.29, 1.82) is 0 Å². The van der Waals surface area contributed by atoms with Gasteiger partial charge in [-0.15, -0.1) is 5.10 Å². The number of amides is 1. The van der Waals surface area contributed by atoms with E-state index in [1.165, 1.54) is 11.8 Å². The lowest BCUT2D eigenvalue weighted by Crippen LogP contribution is -2.23. The summed E-state index contributed by atoms with van der Waals surface area (Å²) in [4.78, 5) is 17.0. The Hall–Kier alpha value is -2.74. The Bertz CT molecular complexity index is 1000. The van der Waals surface area contributed by atoms with Crippen molar-refractivity contribution in [3.63, 3.8) is 0 Å². The van der Waals surface area contributed by atoms with E-state index in [1.54, 1.807) is 6.92 Å². The van der Waals surface area contributed by atoms with Crippen molar-refractivity contribution in [3.05, 3.63) is 66.0 Å². The van der Waals surface area contributed by atoms with Crippen molar-refractivity contribution >= 4 is 23.4 Å². The number of carbonyl (C=O) groups excluding carboxylic acids is 1. The molecular weight excluding hydrogens is 382 g/mol. The molecule has 144 valence electrons. The zero-order valence-electron chi connectivity index (χ0n) is 15.1. The van der Waals surface area contributed by atoms with Crippen LogP contribution in [-0.2, 0) is 4.79 Å². The molecule has 1 amide bonds. The molecule has 0 aliphatic heterocycles. The fourth-order valence-corrected chi connectivity index (χ4v) is 3.52. The van der Waals surface area contributed by atoms with Crippen LogP contribution in [-0.4, -0.2) is 25.9 Å². The highest BCUT2D eigenvalue weighted by atomic mass is 32.2. The van der Waals surface area contributed by atoms with Crippen molar-refractivity contribution in [1.82, 2.24) is 14.8 Å². The van der Waals surface area contributed by atoms with E-state index in [9.17, 15) is 13.6 Å². The van der Waals surface area contributed by atoms with Crippen LogP contribution >= 0.6 is 11.8 Å². The first-order valence-electron chi connectivity index (χ1n) is 8.96. The first-order valence-corrected chi connectivity index (χ1v) is 9.84. The van der Waals surface area contributed by atoms with Gasteiger partial charge in [0.15, 0.2) is 0 Å². The summed E-state index contributed by atoms with van der Waals surface area (Å²) in [5.41, 5.74) is 0.738. The monoisotopic (exact) mass is 400 g/mol. The molecule has 1 aromatic heterocycles. The van der Waals surface area contributed by atoms with Gasteiger partial charge in [0.25, 0.3) is 0 Å². The second-order valence-corrected chi connectivity index (χ2v) is 7.96. The molecule has 1 aliphatic carbocycles. The number of aromatic nitrogens is 3. The number of nitrogens with one attached hydrogen (secondary N) is 1. The minimum absolute atomic E-state index is 0.182. The number of anilines is 1. The summed E-state index contributed by atoms with van der Waals surface area (Å²) in [5.74, 6) is -0.479. The maximum atomic E-state index is 13.7. The molecule has 1 saturated carbocycles. The second kappa shape index (κ2) is 7.71. The number of carbonyl (C=O) groups is 1. The van der Waals surface area contributed by atoms with Crippen molar-refractivity contribution in [2.24, 2.45) is 0 Å². The fourth-order valence-electron chi connectivity index (χ4n) is 2.76. The van der Waals surface area contributed by atoms with Crippen molar-refractivity contribution in [2.45, 2.75) is 36.1 Å². The van der Waals surface area contributed by atoms with Crippen molar-refractivity contribution < 1.29 is 13.6 Å². The van der Waals surface area contributed by atoms with E-state index in [0.29, 0.717) is 11.1 Å². The highest BCUT2D eigenvalue weighted by molar-refractivity contribution is 8.00. The van der Waals surface area contributed by atoms with Gasteiger partial charge in [-0.05, 0) is 44.0 Å². The fraction of sp³-hybridized carbons (Fsp3) is 0.250. The maximum Gasteiger partial charge on any atom is 0.237 e. The van der Waals surface area contributed by atoms with Crippen LogP contribution in [0, 0.1) is 11.6 Å². The third-order valence-electron chi connectivity index (χ3n) is 4.39. The Balaban J connectivity index is 1.50. The minimum Gasteiger partial charge on any atom is -0.323 e. The van der Waals surface area contributed by atoms with Crippen LogP contribution in [0.3, 0.4) is 0 Å². The molecule has 1 atom stereocenters. The molecule has 3 aromatic rings. The molecular formula is C20H18F2N4OS. The number of nitrogens with zero attached hydrogens (tertiary/aromatic N) is 3. The van der Waals surface area contributed by atoms with E-state index in [2.05, 4.69) is 15.4 Å². The average molecular weight is 400 g/mol. The standard InChI is InChI=1S/C20H18F2N4OS/c1-12(19(27)23-17-11-14(21)9-10-16(17)22)28-20-24-18(13-7-8-13)26(25-20)15-5-3-2-4-6-15/h2-6,9-13H,7-8H2,1H3,(H,23,27)/t12-/m0/s1. The molecule has 0 unspecified atom stereocenters. The van der Waals surface area contributed by atoms with Gasteiger partial charge in [0, 0.05) is 12.0 Å². The normalized spacial score (nSPS) is 14.7. The topological polar surface area (TPSA) is 59.8 Å². The summed E-state index contributed by atoms with van der Waals surface area (Å²) in [6, 6.07) is 12.7. The van der Waals surface area contributed by atoms with E-state index < -0.39 is 22.8 Å². The Labute approximate surface area is 165 Å². The third-order valence-corrected chi connectivity index (χ3v) is 5.35. The van der Waals surface area contributed by atoms with Gasteiger partial charge in [-0.25, -0.2) is 18.4 Å². The quantitative estimate of drug-likeness (QED) is 0.617.